The van der Waals surface area contributed by atoms with Crippen LogP contribution in [0, 0.1) is 17.8 Å². The van der Waals surface area contributed by atoms with Gasteiger partial charge in [0.1, 0.15) is 12.7 Å². The molecule has 0 spiro atoms. The van der Waals surface area contributed by atoms with Gasteiger partial charge in [-0.05, 0) is 61.0 Å². The predicted octanol–water partition coefficient (Wildman–Crippen LogP) is 7.62. The van der Waals surface area contributed by atoms with Gasteiger partial charge >= 0.3 is 12.1 Å². The molecule has 3 atom stereocenters. The standard InChI is InChI=1S/C33H44N2O4S/c1-24(2)17-31(25(3)4)39-32(36)20-28(18-26-11-7-5-8-12-26)15-16-29(19-27-13-9-6-10-14-27)35-33(37)38-22-30-21-34-23-40-30/h5-14,21,23-25,28-29,31H,15-20,22H2,1-4H3,(H,35,37)/t28-,29-,31?/m1/s1. The van der Waals surface area contributed by atoms with Gasteiger partial charge < -0.3 is 14.8 Å². The largest absolute Gasteiger partial charge is 0.462 e. The summed E-state index contributed by atoms with van der Waals surface area (Å²) in [5, 5.41) is 3.08. The SMILES string of the molecule is CC(C)CC(OC(=O)C[C@H](CC[C@H](Cc1ccccc1)NC(=O)OCc1cncs1)Cc1ccccc1)C(C)C. The minimum atomic E-state index is -0.443. The third kappa shape index (κ3) is 11.9. The van der Waals surface area contributed by atoms with E-state index < -0.39 is 6.09 Å². The van der Waals surface area contributed by atoms with Crippen LogP contribution < -0.4 is 5.32 Å². The monoisotopic (exact) mass is 564 g/mol. The molecular formula is C33H44N2O4S. The fraction of sp³-hybridized carbons (Fsp3) is 0.485. The minimum absolute atomic E-state index is 0.0781. The number of carbonyl (C=O) groups excluding carboxylic acids is 2. The maximum atomic E-state index is 13.1. The van der Waals surface area contributed by atoms with E-state index in [1.54, 1.807) is 11.7 Å². The lowest BCUT2D eigenvalue weighted by molar-refractivity contribution is -0.153. The van der Waals surface area contributed by atoms with Crippen LogP contribution in [0.3, 0.4) is 0 Å². The number of thiazole rings is 1. The molecule has 3 aromatic rings. The molecule has 1 aromatic heterocycles. The van der Waals surface area contributed by atoms with Crippen LogP contribution in [0.1, 0.15) is 69.4 Å². The Bertz CT molecular complexity index is 1120. The second-order valence-corrected chi connectivity index (χ2v) is 12.3. The number of nitrogens with one attached hydrogen (secondary N) is 1. The lowest BCUT2D eigenvalue weighted by Gasteiger charge is -2.25. The van der Waals surface area contributed by atoms with Crippen LogP contribution in [0.2, 0.25) is 0 Å². The summed E-state index contributed by atoms with van der Waals surface area (Å²) in [7, 11) is 0. The van der Waals surface area contributed by atoms with Crippen LogP contribution in [0.4, 0.5) is 4.79 Å². The van der Waals surface area contributed by atoms with Crippen molar-refractivity contribution >= 4 is 23.4 Å². The molecule has 0 radical (unpaired) electrons. The van der Waals surface area contributed by atoms with Crippen LogP contribution >= 0.6 is 11.3 Å². The molecule has 0 bridgehead atoms. The van der Waals surface area contributed by atoms with E-state index in [9.17, 15) is 9.59 Å². The van der Waals surface area contributed by atoms with Crippen molar-refractivity contribution in [3.05, 3.63) is 88.4 Å². The number of benzene rings is 2. The average molecular weight is 565 g/mol. The average Bonchev–Trinajstić information content (AvgIpc) is 3.45. The Kier molecular flexibility index (Phi) is 13.2. The molecule has 0 fully saturated rings. The Morgan fingerprint density at radius 1 is 0.900 bits per heavy atom. The Labute approximate surface area is 243 Å². The summed E-state index contributed by atoms with van der Waals surface area (Å²) in [4.78, 5) is 30.8. The maximum Gasteiger partial charge on any atom is 0.407 e. The van der Waals surface area contributed by atoms with Crippen molar-refractivity contribution in [2.24, 2.45) is 17.8 Å². The van der Waals surface area contributed by atoms with E-state index in [-0.39, 0.29) is 36.6 Å². The molecule has 1 unspecified atom stereocenters. The van der Waals surface area contributed by atoms with Crippen LogP contribution in [-0.4, -0.2) is 29.2 Å². The number of alkyl carbamates (subject to hydrolysis) is 1. The van der Waals surface area contributed by atoms with Crippen molar-refractivity contribution in [2.45, 2.75) is 85.0 Å². The van der Waals surface area contributed by atoms with Gasteiger partial charge in [0.25, 0.3) is 0 Å². The van der Waals surface area contributed by atoms with Gasteiger partial charge in [-0.25, -0.2) is 4.79 Å². The summed E-state index contributed by atoms with van der Waals surface area (Å²) in [6.07, 6.45) is 5.35. The van der Waals surface area contributed by atoms with Crippen LogP contribution in [0.25, 0.3) is 0 Å². The number of aromatic nitrogens is 1. The van der Waals surface area contributed by atoms with Gasteiger partial charge in [0.2, 0.25) is 0 Å². The zero-order valence-electron chi connectivity index (χ0n) is 24.3. The molecule has 0 aliphatic heterocycles. The van der Waals surface area contributed by atoms with E-state index in [0.717, 1.165) is 36.1 Å². The van der Waals surface area contributed by atoms with E-state index >= 15 is 0 Å². The molecule has 40 heavy (non-hydrogen) atoms. The smallest absolute Gasteiger partial charge is 0.407 e. The number of carbonyl (C=O) groups is 2. The second kappa shape index (κ2) is 16.8. The quantitative estimate of drug-likeness (QED) is 0.181. The lowest BCUT2D eigenvalue weighted by atomic mass is 9.89. The summed E-state index contributed by atoms with van der Waals surface area (Å²) in [6.45, 7) is 8.73. The Morgan fingerprint density at radius 2 is 1.55 bits per heavy atom. The second-order valence-electron chi connectivity index (χ2n) is 11.3. The van der Waals surface area contributed by atoms with Crippen molar-refractivity contribution in [3.63, 3.8) is 0 Å². The van der Waals surface area contributed by atoms with Gasteiger partial charge in [-0.15, -0.1) is 11.3 Å². The molecule has 216 valence electrons. The molecule has 3 rings (SSSR count). The molecule has 6 nitrogen and oxygen atoms in total. The van der Waals surface area contributed by atoms with Crippen molar-refractivity contribution < 1.29 is 19.1 Å². The van der Waals surface area contributed by atoms with Crippen LogP contribution in [-0.2, 0) is 33.7 Å². The molecular weight excluding hydrogens is 520 g/mol. The zero-order valence-corrected chi connectivity index (χ0v) is 25.1. The first-order valence-electron chi connectivity index (χ1n) is 14.4. The van der Waals surface area contributed by atoms with Gasteiger partial charge in [-0.2, -0.15) is 0 Å². The normalized spacial score (nSPS) is 13.6. The van der Waals surface area contributed by atoms with Gasteiger partial charge in [0.05, 0.1) is 10.4 Å². The number of esters is 1. The van der Waals surface area contributed by atoms with E-state index in [0.29, 0.717) is 18.8 Å². The zero-order chi connectivity index (χ0) is 28.7. The number of ether oxygens (including phenoxy) is 2. The van der Waals surface area contributed by atoms with Crippen LogP contribution in [0.5, 0.6) is 0 Å². The number of rotatable bonds is 16. The van der Waals surface area contributed by atoms with Crippen molar-refractivity contribution in [3.8, 4) is 0 Å². The maximum absolute atomic E-state index is 13.1. The predicted molar refractivity (Wildman–Crippen MR) is 161 cm³/mol. The molecule has 1 amide bonds. The minimum Gasteiger partial charge on any atom is -0.462 e. The highest BCUT2D eigenvalue weighted by Crippen LogP contribution is 2.23. The fourth-order valence-electron chi connectivity index (χ4n) is 4.82. The Balaban J connectivity index is 1.67. The highest BCUT2D eigenvalue weighted by atomic mass is 32.1. The Hall–Kier alpha value is -3.19. The van der Waals surface area contributed by atoms with E-state index in [2.05, 4.69) is 62.3 Å². The van der Waals surface area contributed by atoms with Gasteiger partial charge in [0, 0.05) is 18.7 Å². The summed E-state index contributed by atoms with van der Waals surface area (Å²) in [5.41, 5.74) is 4.06. The van der Waals surface area contributed by atoms with E-state index in [1.807, 2.05) is 36.4 Å². The third-order valence-electron chi connectivity index (χ3n) is 6.95. The van der Waals surface area contributed by atoms with E-state index in [4.69, 9.17) is 9.47 Å². The summed E-state index contributed by atoms with van der Waals surface area (Å²) >= 11 is 1.46. The molecule has 0 saturated heterocycles. The topological polar surface area (TPSA) is 77.5 Å². The lowest BCUT2D eigenvalue weighted by Crippen LogP contribution is -2.37. The number of amides is 1. The van der Waals surface area contributed by atoms with Crippen LogP contribution in [0.15, 0.2) is 72.4 Å². The highest BCUT2D eigenvalue weighted by molar-refractivity contribution is 7.09. The molecule has 0 saturated carbocycles. The highest BCUT2D eigenvalue weighted by Gasteiger charge is 2.24. The van der Waals surface area contributed by atoms with Gasteiger partial charge in [0.15, 0.2) is 0 Å². The summed E-state index contributed by atoms with van der Waals surface area (Å²) in [5.74, 6) is 0.683. The van der Waals surface area contributed by atoms with E-state index in [1.165, 1.54) is 16.9 Å². The number of hydrogen-bond donors (Lipinski definition) is 1. The summed E-state index contributed by atoms with van der Waals surface area (Å²) in [6, 6.07) is 20.3. The first kappa shape index (κ1) is 31.3. The number of hydrogen-bond acceptors (Lipinski definition) is 6. The van der Waals surface area contributed by atoms with Crippen molar-refractivity contribution in [2.75, 3.05) is 0 Å². The molecule has 0 aliphatic carbocycles. The fourth-order valence-corrected chi connectivity index (χ4v) is 5.32. The number of nitrogens with zero attached hydrogens (tertiary/aromatic N) is 1. The summed E-state index contributed by atoms with van der Waals surface area (Å²) < 4.78 is 11.5. The van der Waals surface area contributed by atoms with Crippen molar-refractivity contribution in [1.82, 2.24) is 10.3 Å². The Morgan fingerprint density at radius 3 is 2.12 bits per heavy atom. The first-order valence-corrected chi connectivity index (χ1v) is 15.2. The molecule has 1 heterocycles. The molecule has 2 aromatic carbocycles. The molecule has 1 N–H and O–H groups in total. The van der Waals surface area contributed by atoms with Gasteiger partial charge in [-0.1, -0.05) is 88.4 Å². The first-order chi connectivity index (χ1) is 19.3. The molecule has 0 aliphatic rings. The third-order valence-corrected chi connectivity index (χ3v) is 7.71. The molecule has 7 heteroatoms. The van der Waals surface area contributed by atoms with Gasteiger partial charge in [-0.3, -0.25) is 9.78 Å². The van der Waals surface area contributed by atoms with Crippen molar-refractivity contribution in [1.29, 1.82) is 0 Å².